The van der Waals surface area contributed by atoms with E-state index in [9.17, 15) is 4.79 Å². The van der Waals surface area contributed by atoms with E-state index in [0.717, 1.165) is 38.9 Å². The van der Waals surface area contributed by atoms with Gasteiger partial charge >= 0.3 is 0 Å². The summed E-state index contributed by atoms with van der Waals surface area (Å²) < 4.78 is 5.15. The molecule has 20 heavy (non-hydrogen) atoms. The fraction of sp³-hybridized carbons (Fsp3) is 0.643. The fourth-order valence-corrected chi connectivity index (χ4v) is 3.04. The van der Waals surface area contributed by atoms with Crippen LogP contribution in [0.25, 0.3) is 0 Å². The van der Waals surface area contributed by atoms with Crippen LogP contribution in [0.5, 0.6) is 5.88 Å². The van der Waals surface area contributed by atoms with Crippen LogP contribution < -0.4 is 9.64 Å². The first-order chi connectivity index (χ1) is 9.78. The van der Waals surface area contributed by atoms with Gasteiger partial charge < -0.3 is 14.5 Å². The molecule has 0 bridgehead atoms. The predicted molar refractivity (Wildman–Crippen MR) is 74.8 cm³/mol. The average molecular weight is 276 g/mol. The zero-order chi connectivity index (χ0) is 13.9. The summed E-state index contributed by atoms with van der Waals surface area (Å²) >= 11 is 0. The smallest absolute Gasteiger partial charge is 0.228 e. The Bertz CT molecular complexity index is 494. The quantitative estimate of drug-likeness (QED) is 0.826. The van der Waals surface area contributed by atoms with Gasteiger partial charge in [0.25, 0.3) is 0 Å². The van der Waals surface area contributed by atoms with Crippen molar-refractivity contribution < 1.29 is 9.53 Å². The van der Waals surface area contributed by atoms with E-state index in [4.69, 9.17) is 4.74 Å². The van der Waals surface area contributed by atoms with Crippen LogP contribution in [0.3, 0.4) is 0 Å². The summed E-state index contributed by atoms with van der Waals surface area (Å²) in [6.07, 6.45) is 5.55. The largest absolute Gasteiger partial charge is 0.481 e. The maximum absolute atomic E-state index is 11.9. The van der Waals surface area contributed by atoms with E-state index >= 15 is 0 Å². The van der Waals surface area contributed by atoms with Crippen molar-refractivity contribution in [3.63, 3.8) is 0 Å². The Balaban J connectivity index is 1.72. The van der Waals surface area contributed by atoms with Gasteiger partial charge in [-0.05, 0) is 19.3 Å². The molecule has 3 heterocycles. The number of carbonyl (C=O) groups excluding carboxylic acids is 1. The normalized spacial score (nSPS) is 23.2. The van der Waals surface area contributed by atoms with Crippen molar-refractivity contribution >= 4 is 11.9 Å². The lowest BCUT2D eigenvalue weighted by molar-refractivity contribution is -0.129. The number of nitrogens with zero attached hydrogens (tertiary/aromatic N) is 4. The number of hydrogen-bond acceptors (Lipinski definition) is 5. The number of hydrogen-bond donors (Lipinski definition) is 0. The molecule has 0 spiro atoms. The number of aromatic nitrogens is 2. The van der Waals surface area contributed by atoms with Crippen LogP contribution >= 0.6 is 0 Å². The molecule has 1 aromatic rings. The Morgan fingerprint density at radius 3 is 3.00 bits per heavy atom. The summed E-state index contributed by atoms with van der Waals surface area (Å²) in [5.74, 6) is 1.57. The molecule has 1 atom stereocenters. The van der Waals surface area contributed by atoms with E-state index in [2.05, 4.69) is 14.9 Å². The van der Waals surface area contributed by atoms with E-state index in [1.54, 1.807) is 19.4 Å². The van der Waals surface area contributed by atoms with Gasteiger partial charge in [0.2, 0.25) is 17.7 Å². The number of ether oxygens (including phenoxy) is 1. The number of piperidine rings is 1. The second-order valence-corrected chi connectivity index (χ2v) is 5.33. The zero-order valence-electron chi connectivity index (χ0n) is 11.8. The third-order valence-corrected chi connectivity index (χ3v) is 4.06. The van der Waals surface area contributed by atoms with E-state index in [0.29, 0.717) is 30.2 Å². The minimum atomic E-state index is 0.295. The Hall–Kier alpha value is -1.85. The van der Waals surface area contributed by atoms with Crippen molar-refractivity contribution in [2.45, 2.75) is 31.7 Å². The monoisotopic (exact) mass is 276 g/mol. The van der Waals surface area contributed by atoms with Crippen molar-refractivity contribution in [3.8, 4) is 5.88 Å². The molecule has 1 amide bonds. The summed E-state index contributed by atoms with van der Waals surface area (Å²) in [6, 6.07) is 2.04. The van der Waals surface area contributed by atoms with Crippen LogP contribution in [0.1, 0.15) is 25.7 Å². The summed E-state index contributed by atoms with van der Waals surface area (Å²) in [6.45, 7) is 2.65. The standard InChI is InChI=1S/C14H20N4O2/c1-20-12-6-7-15-14(16-12)17-8-2-4-11(10-17)18-9-3-5-13(18)19/h6-7,11H,2-5,8-10H2,1H3. The molecule has 108 valence electrons. The lowest BCUT2D eigenvalue weighted by Gasteiger charge is -2.37. The maximum Gasteiger partial charge on any atom is 0.228 e. The highest BCUT2D eigenvalue weighted by atomic mass is 16.5. The molecule has 3 rings (SSSR count). The van der Waals surface area contributed by atoms with Gasteiger partial charge in [0, 0.05) is 44.4 Å². The van der Waals surface area contributed by atoms with Gasteiger partial charge in [0.15, 0.2) is 0 Å². The molecule has 0 N–H and O–H groups in total. The molecule has 1 aromatic heterocycles. The van der Waals surface area contributed by atoms with Crippen molar-refractivity contribution in [3.05, 3.63) is 12.3 Å². The summed E-state index contributed by atoms with van der Waals surface area (Å²) in [5.41, 5.74) is 0. The third kappa shape index (κ3) is 2.55. The Labute approximate surface area is 118 Å². The summed E-state index contributed by atoms with van der Waals surface area (Å²) in [4.78, 5) is 24.8. The minimum Gasteiger partial charge on any atom is -0.481 e. The van der Waals surface area contributed by atoms with Gasteiger partial charge in [-0.25, -0.2) is 4.98 Å². The SMILES string of the molecule is COc1ccnc(N2CCCC(N3CCCC3=O)C2)n1. The molecule has 2 aliphatic heterocycles. The maximum atomic E-state index is 11.9. The van der Waals surface area contributed by atoms with Gasteiger partial charge in [-0.1, -0.05) is 0 Å². The first-order valence-electron chi connectivity index (χ1n) is 7.19. The molecule has 6 heteroatoms. The van der Waals surface area contributed by atoms with E-state index < -0.39 is 0 Å². The van der Waals surface area contributed by atoms with Crippen molar-refractivity contribution in [1.29, 1.82) is 0 Å². The van der Waals surface area contributed by atoms with Crippen LogP contribution in [-0.2, 0) is 4.79 Å². The lowest BCUT2D eigenvalue weighted by atomic mass is 10.0. The number of anilines is 1. The number of methoxy groups -OCH3 is 1. The second kappa shape index (κ2) is 5.64. The highest BCUT2D eigenvalue weighted by molar-refractivity contribution is 5.78. The number of amides is 1. The predicted octanol–water partition coefficient (Wildman–Crippen LogP) is 1.08. The molecular weight excluding hydrogens is 256 g/mol. The molecule has 0 aromatic carbocycles. The molecule has 2 saturated heterocycles. The first kappa shape index (κ1) is 13.1. The fourth-order valence-electron chi connectivity index (χ4n) is 3.04. The van der Waals surface area contributed by atoms with Crippen molar-refractivity contribution in [2.24, 2.45) is 0 Å². The van der Waals surface area contributed by atoms with E-state index in [1.165, 1.54) is 0 Å². The second-order valence-electron chi connectivity index (χ2n) is 5.33. The van der Waals surface area contributed by atoms with Crippen molar-refractivity contribution in [2.75, 3.05) is 31.6 Å². The molecule has 0 saturated carbocycles. The van der Waals surface area contributed by atoms with Gasteiger partial charge in [0.05, 0.1) is 7.11 Å². The topological polar surface area (TPSA) is 58.6 Å². The number of likely N-dealkylation sites (tertiary alicyclic amines) is 1. The summed E-state index contributed by atoms with van der Waals surface area (Å²) in [5, 5.41) is 0. The van der Waals surface area contributed by atoms with E-state index in [-0.39, 0.29) is 0 Å². The molecule has 0 radical (unpaired) electrons. The number of carbonyl (C=O) groups is 1. The number of rotatable bonds is 3. The highest BCUT2D eigenvalue weighted by Crippen LogP contribution is 2.24. The van der Waals surface area contributed by atoms with Crippen molar-refractivity contribution in [1.82, 2.24) is 14.9 Å². The Kier molecular flexibility index (Phi) is 3.71. The Morgan fingerprint density at radius 2 is 2.25 bits per heavy atom. The third-order valence-electron chi connectivity index (χ3n) is 4.06. The van der Waals surface area contributed by atoms with Gasteiger partial charge in [0.1, 0.15) is 0 Å². The van der Waals surface area contributed by atoms with Crippen LogP contribution in [0.15, 0.2) is 12.3 Å². The van der Waals surface area contributed by atoms with E-state index in [1.807, 2.05) is 4.90 Å². The highest BCUT2D eigenvalue weighted by Gasteiger charge is 2.32. The van der Waals surface area contributed by atoms with Gasteiger partial charge in [-0.3, -0.25) is 4.79 Å². The minimum absolute atomic E-state index is 0.295. The lowest BCUT2D eigenvalue weighted by Crippen LogP contribution is -2.48. The molecule has 1 unspecified atom stereocenters. The molecule has 2 fully saturated rings. The average Bonchev–Trinajstić information content (AvgIpc) is 2.94. The zero-order valence-corrected chi connectivity index (χ0v) is 11.8. The molecule has 6 nitrogen and oxygen atoms in total. The van der Waals surface area contributed by atoms with Gasteiger partial charge in [-0.15, -0.1) is 0 Å². The molecular formula is C14H20N4O2. The van der Waals surface area contributed by atoms with Crippen LogP contribution in [0.4, 0.5) is 5.95 Å². The molecule has 2 aliphatic rings. The van der Waals surface area contributed by atoms with Crippen LogP contribution in [0, 0.1) is 0 Å². The Morgan fingerprint density at radius 1 is 1.35 bits per heavy atom. The first-order valence-corrected chi connectivity index (χ1v) is 7.19. The summed E-state index contributed by atoms with van der Waals surface area (Å²) in [7, 11) is 1.61. The van der Waals surface area contributed by atoms with Gasteiger partial charge in [-0.2, -0.15) is 4.98 Å². The molecule has 0 aliphatic carbocycles. The van der Waals surface area contributed by atoms with Crippen LogP contribution in [0.2, 0.25) is 0 Å². The van der Waals surface area contributed by atoms with Crippen LogP contribution in [-0.4, -0.2) is 53.6 Å².